The van der Waals surface area contributed by atoms with Crippen molar-refractivity contribution in [2.45, 2.75) is 6.54 Å². The van der Waals surface area contributed by atoms with Crippen LogP contribution in [0, 0.1) is 0 Å². The van der Waals surface area contributed by atoms with E-state index in [1.165, 1.54) is 13.4 Å². The molecule has 0 bridgehead atoms. The van der Waals surface area contributed by atoms with Crippen molar-refractivity contribution in [3.8, 4) is 5.88 Å². The highest BCUT2D eigenvalue weighted by Crippen LogP contribution is 2.27. The van der Waals surface area contributed by atoms with E-state index in [9.17, 15) is 0 Å². The highest BCUT2D eigenvalue weighted by molar-refractivity contribution is 9.10. The van der Waals surface area contributed by atoms with Gasteiger partial charge in [0.25, 0.3) is 0 Å². The SMILES string of the molecule is COc1ncnc(N(C)Cc2cccc(Br)c2)c1N. The molecule has 0 saturated heterocycles. The third-order valence-electron chi connectivity index (χ3n) is 2.69. The van der Waals surface area contributed by atoms with Gasteiger partial charge in [0.1, 0.15) is 12.0 Å². The van der Waals surface area contributed by atoms with Crippen LogP contribution in [-0.2, 0) is 6.54 Å². The van der Waals surface area contributed by atoms with E-state index >= 15 is 0 Å². The molecule has 0 aliphatic rings. The molecule has 1 aromatic heterocycles. The molecule has 2 aromatic rings. The van der Waals surface area contributed by atoms with E-state index in [1.54, 1.807) is 0 Å². The molecule has 19 heavy (non-hydrogen) atoms. The average molecular weight is 323 g/mol. The maximum atomic E-state index is 5.98. The van der Waals surface area contributed by atoms with Crippen molar-refractivity contribution in [1.82, 2.24) is 9.97 Å². The van der Waals surface area contributed by atoms with Crippen molar-refractivity contribution in [3.63, 3.8) is 0 Å². The molecule has 1 aromatic carbocycles. The fraction of sp³-hybridized carbons (Fsp3) is 0.231. The summed E-state index contributed by atoms with van der Waals surface area (Å²) in [5, 5.41) is 0. The Morgan fingerprint density at radius 3 is 2.84 bits per heavy atom. The lowest BCUT2D eigenvalue weighted by Gasteiger charge is -2.20. The summed E-state index contributed by atoms with van der Waals surface area (Å²) in [6.07, 6.45) is 1.45. The van der Waals surface area contributed by atoms with Gasteiger partial charge >= 0.3 is 0 Å². The first kappa shape index (κ1) is 13.6. The second kappa shape index (κ2) is 5.88. The summed E-state index contributed by atoms with van der Waals surface area (Å²) in [5.74, 6) is 1.05. The van der Waals surface area contributed by atoms with Crippen LogP contribution in [0.25, 0.3) is 0 Å². The summed E-state index contributed by atoms with van der Waals surface area (Å²) in [5.41, 5.74) is 7.59. The van der Waals surface area contributed by atoms with Crippen LogP contribution in [-0.4, -0.2) is 24.1 Å². The van der Waals surface area contributed by atoms with Crippen molar-refractivity contribution in [2.24, 2.45) is 0 Å². The maximum absolute atomic E-state index is 5.98. The molecule has 2 rings (SSSR count). The summed E-state index contributed by atoms with van der Waals surface area (Å²) in [7, 11) is 3.47. The third kappa shape index (κ3) is 3.14. The lowest BCUT2D eigenvalue weighted by molar-refractivity contribution is 0.399. The van der Waals surface area contributed by atoms with E-state index < -0.39 is 0 Å². The second-order valence-corrected chi connectivity index (χ2v) is 5.02. The highest BCUT2D eigenvalue weighted by atomic mass is 79.9. The largest absolute Gasteiger partial charge is 0.479 e. The number of aromatic nitrogens is 2. The minimum Gasteiger partial charge on any atom is -0.479 e. The molecular formula is C13H15BrN4O. The van der Waals surface area contributed by atoms with Crippen LogP contribution in [0.15, 0.2) is 35.1 Å². The minimum atomic E-state index is 0.395. The van der Waals surface area contributed by atoms with Crippen LogP contribution in [0.3, 0.4) is 0 Å². The molecule has 0 radical (unpaired) electrons. The topological polar surface area (TPSA) is 64.3 Å². The molecular weight excluding hydrogens is 308 g/mol. The number of nitrogens with two attached hydrogens (primary N) is 1. The summed E-state index contributed by atoms with van der Waals surface area (Å²) in [6, 6.07) is 8.10. The van der Waals surface area contributed by atoms with E-state index in [0.717, 1.165) is 10.0 Å². The second-order valence-electron chi connectivity index (χ2n) is 4.11. The molecule has 0 amide bonds. The quantitative estimate of drug-likeness (QED) is 0.936. The van der Waals surface area contributed by atoms with Crippen molar-refractivity contribution in [2.75, 3.05) is 24.8 Å². The number of hydrogen-bond acceptors (Lipinski definition) is 5. The predicted molar refractivity (Wildman–Crippen MR) is 79.2 cm³/mol. The van der Waals surface area contributed by atoms with Gasteiger partial charge < -0.3 is 15.4 Å². The van der Waals surface area contributed by atoms with E-state index in [2.05, 4.69) is 38.0 Å². The molecule has 0 fully saturated rings. The normalized spacial score (nSPS) is 10.3. The molecule has 0 spiro atoms. The number of halogens is 1. The van der Waals surface area contributed by atoms with Gasteiger partial charge in [0.05, 0.1) is 7.11 Å². The Morgan fingerprint density at radius 1 is 1.37 bits per heavy atom. The molecule has 0 atom stereocenters. The van der Waals surface area contributed by atoms with Gasteiger partial charge in [-0.05, 0) is 17.7 Å². The Labute approximate surface area is 120 Å². The van der Waals surface area contributed by atoms with Crippen molar-refractivity contribution in [1.29, 1.82) is 0 Å². The van der Waals surface area contributed by atoms with Crippen molar-refractivity contribution in [3.05, 3.63) is 40.6 Å². The van der Waals surface area contributed by atoms with Crippen LogP contribution in [0.5, 0.6) is 5.88 Å². The number of hydrogen-bond donors (Lipinski definition) is 1. The van der Waals surface area contributed by atoms with Crippen LogP contribution < -0.4 is 15.4 Å². The van der Waals surface area contributed by atoms with E-state index in [4.69, 9.17) is 10.5 Å². The number of rotatable bonds is 4. The van der Waals surface area contributed by atoms with E-state index in [-0.39, 0.29) is 0 Å². The van der Waals surface area contributed by atoms with Crippen LogP contribution >= 0.6 is 15.9 Å². The molecule has 5 nitrogen and oxygen atoms in total. The zero-order valence-corrected chi connectivity index (χ0v) is 12.4. The van der Waals surface area contributed by atoms with Crippen LogP contribution in [0.1, 0.15) is 5.56 Å². The van der Waals surface area contributed by atoms with E-state index in [1.807, 2.05) is 24.1 Å². The van der Waals surface area contributed by atoms with Gasteiger partial charge in [-0.2, -0.15) is 4.98 Å². The Balaban J connectivity index is 2.23. The average Bonchev–Trinajstić information content (AvgIpc) is 2.39. The number of nitrogens with zero attached hydrogens (tertiary/aromatic N) is 3. The predicted octanol–water partition coefficient (Wildman–Crippen LogP) is 2.47. The zero-order valence-electron chi connectivity index (χ0n) is 10.8. The molecule has 0 unspecified atom stereocenters. The van der Waals surface area contributed by atoms with E-state index in [0.29, 0.717) is 23.9 Å². The Bertz CT molecular complexity index is 576. The number of benzene rings is 1. The van der Waals surface area contributed by atoms with Gasteiger partial charge in [0, 0.05) is 18.1 Å². The number of nitrogen functional groups attached to an aromatic ring is 1. The van der Waals surface area contributed by atoms with Gasteiger partial charge in [0.15, 0.2) is 5.82 Å². The van der Waals surface area contributed by atoms with Gasteiger partial charge in [0.2, 0.25) is 5.88 Å². The lowest BCUT2D eigenvalue weighted by atomic mass is 10.2. The first-order valence-corrected chi connectivity index (χ1v) is 6.51. The number of anilines is 2. The maximum Gasteiger partial charge on any atom is 0.242 e. The molecule has 100 valence electrons. The smallest absolute Gasteiger partial charge is 0.242 e. The van der Waals surface area contributed by atoms with Crippen molar-refractivity contribution >= 4 is 27.4 Å². The summed E-state index contributed by atoms with van der Waals surface area (Å²) in [6.45, 7) is 0.698. The molecule has 0 aliphatic carbocycles. The zero-order chi connectivity index (χ0) is 13.8. The Hall–Kier alpha value is -1.82. The van der Waals surface area contributed by atoms with Gasteiger partial charge in [-0.3, -0.25) is 0 Å². The third-order valence-corrected chi connectivity index (χ3v) is 3.18. The summed E-state index contributed by atoms with van der Waals surface area (Å²) < 4.78 is 6.14. The fourth-order valence-electron chi connectivity index (χ4n) is 1.82. The van der Waals surface area contributed by atoms with Gasteiger partial charge in [-0.15, -0.1) is 0 Å². The van der Waals surface area contributed by atoms with Crippen molar-refractivity contribution < 1.29 is 4.74 Å². The van der Waals surface area contributed by atoms with Crippen LogP contribution in [0.2, 0.25) is 0 Å². The molecule has 1 heterocycles. The first-order valence-electron chi connectivity index (χ1n) is 5.72. The summed E-state index contributed by atoms with van der Waals surface area (Å²) in [4.78, 5) is 10.1. The molecule has 0 aliphatic heterocycles. The Morgan fingerprint density at radius 2 is 2.16 bits per heavy atom. The standard InChI is InChI=1S/C13H15BrN4O/c1-18(7-9-4-3-5-10(14)6-9)12-11(15)13(19-2)17-8-16-12/h3-6,8H,7,15H2,1-2H3. The minimum absolute atomic E-state index is 0.395. The Kier molecular flexibility index (Phi) is 4.21. The fourth-order valence-corrected chi connectivity index (χ4v) is 2.27. The highest BCUT2D eigenvalue weighted by Gasteiger charge is 2.12. The van der Waals surface area contributed by atoms with Gasteiger partial charge in [-0.25, -0.2) is 4.98 Å². The molecule has 6 heteroatoms. The molecule has 2 N–H and O–H groups in total. The number of ether oxygens (including phenoxy) is 1. The monoisotopic (exact) mass is 322 g/mol. The first-order chi connectivity index (χ1) is 9.11. The number of methoxy groups -OCH3 is 1. The molecule has 0 saturated carbocycles. The summed E-state index contributed by atoms with van der Waals surface area (Å²) >= 11 is 3.46. The van der Waals surface area contributed by atoms with Crippen LogP contribution in [0.4, 0.5) is 11.5 Å². The van der Waals surface area contributed by atoms with Gasteiger partial charge in [-0.1, -0.05) is 28.1 Å². The lowest BCUT2D eigenvalue weighted by Crippen LogP contribution is -2.19.